The SMILES string of the molecule is CNC(CC(=O)CC(CC(=O)NCC(=O)NCCCCCCO[C@@H]1O[C@H](CO)[C@H](O)[C@H](O)[C@H]1NC(C)=O)C(=O)NCC(=O)CCCCCCCO[C@@H]1O[C@H](CO)[C@H](O)[C@H](O)[C@H]1NC(C)=O)C(=O)NCC(=O)NCCCCCCO[C@@H]1O[C@H](CO)[C@H](O)[C@H](O)[C@H]1NC(C)=O. The summed E-state index contributed by atoms with van der Waals surface area (Å²) in [6.07, 6.45) is -9.13. The standard InChI is InChI=1S/C59H103N9O25/c1-33(72)66-46-52(83)49(80)40(30-69)91-57(46)88-21-15-9-5-6-12-18-37(75)27-64-55(86)36(25-43(77)63-28-44(78)61-19-13-7-10-16-22-89-58-47(67-34(2)73)53(84)50(81)41(31-70)92-58)24-38(76)26-39(60-4)56(87)65-29-45(79)62-20-14-8-11-17-23-90-59-48(68-35(3)74)54(85)51(82)42(32-71)93-59/h36,39-42,46-54,57-60,69-71,80-85H,5-32H2,1-4H3,(H,61,78)(H,62,79)(H,63,77)(H,64,86)(H,65,87)(H,66,72)(H,67,73)(H,68,74)/t36?,39?,40-,41-,42-,46-,47-,48-,49+,50+,51+,52-,53-,54-,57-,58-,59-/m1/s1. The van der Waals surface area contributed by atoms with Crippen molar-refractivity contribution in [2.45, 2.75) is 228 Å². The average molecular weight is 1340 g/mol. The van der Waals surface area contributed by atoms with E-state index in [4.69, 9.17) is 28.4 Å². The van der Waals surface area contributed by atoms with E-state index in [2.05, 4.69) is 47.9 Å². The van der Waals surface area contributed by atoms with Gasteiger partial charge in [0.25, 0.3) is 0 Å². The van der Waals surface area contributed by atoms with Crippen molar-refractivity contribution in [1.29, 1.82) is 0 Å². The van der Waals surface area contributed by atoms with Gasteiger partial charge < -0.3 is 122 Å². The third kappa shape index (κ3) is 30.4. The smallest absolute Gasteiger partial charge is 0.239 e. The normalized spacial score (nSPS) is 26.7. The molecule has 3 aliphatic heterocycles. The van der Waals surface area contributed by atoms with E-state index in [1.807, 2.05) is 0 Å². The quantitative estimate of drug-likeness (QED) is 0.0252. The fourth-order valence-corrected chi connectivity index (χ4v) is 10.5. The number of ketones is 2. The summed E-state index contributed by atoms with van der Waals surface area (Å²) in [5.74, 6) is -7.06. The molecule has 34 nitrogen and oxygen atoms in total. The molecule has 0 aromatic rings. The van der Waals surface area contributed by atoms with Crippen molar-refractivity contribution in [1.82, 2.24) is 47.9 Å². The third-order valence-corrected chi connectivity index (χ3v) is 15.7. The van der Waals surface area contributed by atoms with Crippen molar-refractivity contribution in [3.8, 4) is 0 Å². The number of carbonyl (C=O) groups is 10. The Hall–Kier alpha value is -5.54. The number of Topliss-reactive ketones (excluding diaryl/α,β-unsaturated/α-hetero) is 2. The first kappa shape index (κ1) is 81.7. The number of aliphatic hydroxyl groups excluding tert-OH is 9. The van der Waals surface area contributed by atoms with Crippen LogP contribution in [0.3, 0.4) is 0 Å². The number of hydrogen-bond acceptors (Lipinski definition) is 26. The number of rotatable bonds is 46. The Kier molecular flexibility index (Phi) is 39.5. The van der Waals surface area contributed by atoms with Crippen molar-refractivity contribution in [2.24, 2.45) is 5.92 Å². The molecule has 17 atom stereocenters. The zero-order valence-electron chi connectivity index (χ0n) is 53.7. The summed E-state index contributed by atoms with van der Waals surface area (Å²) in [6, 6.07) is -4.36. The fourth-order valence-electron chi connectivity index (χ4n) is 10.5. The van der Waals surface area contributed by atoms with E-state index in [1.165, 1.54) is 27.8 Å². The van der Waals surface area contributed by atoms with Crippen LogP contribution in [0.15, 0.2) is 0 Å². The second-order valence-corrected chi connectivity index (χ2v) is 23.4. The van der Waals surface area contributed by atoms with Crippen LogP contribution < -0.4 is 47.9 Å². The van der Waals surface area contributed by atoms with E-state index in [0.29, 0.717) is 83.5 Å². The predicted octanol–water partition coefficient (Wildman–Crippen LogP) is -6.58. The molecule has 3 heterocycles. The topological polar surface area (TPSA) is 516 Å². The fraction of sp³-hybridized carbons (Fsp3) is 0.831. The molecule has 3 fully saturated rings. The molecule has 34 heteroatoms. The molecule has 18 N–H and O–H groups in total. The summed E-state index contributed by atoms with van der Waals surface area (Å²) < 4.78 is 33.8. The van der Waals surface area contributed by atoms with E-state index in [0.717, 1.165) is 0 Å². The van der Waals surface area contributed by atoms with E-state index in [-0.39, 0.29) is 45.1 Å². The zero-order valence-corrected chi connectivity index (χ0v) is 53.7. The lowest BCUT2D eigenvalue weighted by molar-refractivity contribution is -0.270. The molecule has 8 amide bonds. The predicted molar refractivity (Wildman–Crippen MR) is 324 cm³/mol. The zero-order chi connectivity index (χ0) is 69.0. The van der Waals surface area contributed by atoms with Crippen LogP contribution in [0.2, 0.25) is 0 Å². The van der Waals surface area contributed by atoms with E-state index < -0.39 is 216 Å². The lowest BCUT2D eigenvalue weighted by Crippen LogP contribution is -2.64. The number of nitrogens with one attached hydrogen (secondary N) is 9. The molecule has 2 unspecified atom stereocenters. The van der Waals surface area contributed by atoms with Gasteiger partial charge in [-0.25, -0.2) is 0 Å². The number of aliphatic hydroxyl groups is 9. The van der Waals surface area contributed by atoms with Gasteiger partial charge in [0.2, 0.25) is 47.3 Å². The van der Waals surface area contributed by atoms with Crippen LogP contribution >= 0.6 is 0 Å². The molecule has 0 aromatic heterocycles. The molecule has 3 aliphatic rings. The highest BCUT2D eigenvalue weighted by atomic mass is 16.7. The van der Waals surface area contributed by atoms with Gasteiger partial charge in [-0.3, -0.25) is 47.9 Å². The number of carbonyl (C=O) groups excluding carboxylic acids is 10. The molecule has 0 spiro atoms. The molecule has 0 bridgehead atoms. The van der Waals surface area contributed by atoms with Gasteiger partial charge >= 0.3 is 0 Å². The lowest BCUT2D eigenvalue weighted by atomic mass is 9.94. The van der Waals surface area contributed by atoms with Gasteiger partial charge in [-0.15, -0.1) is 0 Å². The Morgan fingerprint density at radius 2 is 0.763 bits per heavy atom. The largest absolute Gasteiger partial charge is 0.394 e. The van der Waals surface area contributed by atoms with Crippen molar-refractivity contribution in [3.05, 3.63) is 0 Å². The van der Waals surface area contributed by atoms with Gasteiger partial charge in [-0.1, -0.05) is 44.9 Å². The minimum absolute atomic E-state index is 0.0902. The van der Waals surface area contributed by atoms with Crippen molar-refractivity contribution < 1.29 is 122 Å². The maximum absolute atomic E-state index is 13.6. The minimum atomic E-state index is -1.45. The Balaban J connectivity index is 1.45. The Labute approximate surface area is 540 Å². The number of ether oxygens (including phenoxy) is 6. The molecule has 0 aliphatic carbocycles. The van der Waals surface area contributed by atoms with Gasteiger partial charge in [-0.2, -0.15) is 0 Å². The van der Waals surface area contributed by atoms with Crippen LogP contribution in [0.4, 0.5) is 0 Å². The Morgan fingerprint density at radius 1 is 0.398 bits per heavy atom. The van der Waals surface area contributed by atoms with E-state index in [9.17, 15) is 93.9 Å². The molecule has 3 saturated heterocycles. The lowest BCUT2D eigenvalue weighted by Gasteiger charge is -2.42. The Bertz CT molecular complexity index is 2310. The number of amides is 8. The van der Waals surface area contributed by atoms with Crippen LogP contribution in [0.5, 0.6) is 0 Å². The van der Waals surface area contributed by atoms with Gasteiger partial charge in [0.15, 0.2) is 24.7 Å². The summed E-state index contributed by atoms with van der Waals surface area (Å²) >= 11 is 0. The minimum Gasteiger partial charge on any atom is -0.394 e. The second-order valence-electron chi connectivity index (χ2n) is 23.4. The molecule has 93 heavy (non-hydrogen) atoms. The highest BCUT2D eigenvalue weighted by molar-refractivity contribution is 5.96. The van der Waals surface area contributed by atoms with Gasteiger partial charge in [0, 0.05) is 79.4 Å². The van der Waals surface area contributed by atoms with Crippen molar-refractivity contribution in [2.75, 3.05) is 79.4 Å². The van der Waals surface area contributed by atoms with E-state index >= 15 is 0 Å². The second kappa shape index (κ2) is 45.0. The maximum atomic E-state index is 13.6. The molecule has 0 aromatic carbocycles. The van der Waals surface area contributed by atoms with Crippen molar-refractivity contribution >= 4 is 58.8 Å². The van der Waals surface area contributed by atoms with Gasteiger partial charge in [-0.05, 0) is 45.6 Å². The Morgan fingerprint density at radius 3 is 1.15 bits per heavy atom. The van der Waals surface area contributed by atoms with E-state index in [1.54, 1.807) is 0 Å². The summed E-state index contributed by atoms with van der Waals surface area (Å²) in [4.78, 5) is 127. The molecule has 0 radical (unpaired) electrons. The molecule has 0 saturated carbocycles. The van der Waals surface area contributed by atoms with Gasteiger partial charge in [0.1, 0.15) is 78.8 Å². The summed E-state index contributed by atoms with van der Waals surface area (Å²) in [7, 11) is 1.41. The summed E-state index contributed by atoms with van der Waals surface area (Å²) in [5.41, 5.74) is 0. The van der Waals surface area contributed by atoms with Crippen LogP contribution in [0.25, 0.3) is 0 Å². The molecule has 534 valence electrons. The van der Waals surface area contributed by atoms with Crippen LogP contribution in [0.1, 0.15) is 130 Å². The first-order valence-corrected chi connectivity index (χ1v) is 32.0. The highest BCUT2D eigenvalue weighted by Gasteiger charge is 2.48. The summed E-state index contributed by atoms with van der Waals surface area (Å²) in [6.45, 7) is 1.60. The first-order valence-electron chi connectivity index (χ1n) is 32.0. The number of unbranched alkanes of at least 4 members (excludes halogenated alkanes) is 10. The van der Waals surface area contributed by atoms with Crippen LogP contribution in [0, 0.1) is 5.92 Å². The maximum Gasteiger partial charge on any atom is 0.239 e. The molecule has 3 rings (SSSR count). The van der Waals surface area contributed by atoms with Gasteiger partial charge in [0.05, 0.1) is 51.4 Å². The first-order chi connectivity index (χ1) is 44.3. The number of likely N-dealkylation sites (N-methyl/N-ethyl adjacent to an activating group) is 1. The average Bonchev–Trinajstić information content (AvgIpc) is 1.55. The molecular formula is C59H103N9O25. The monoisotopic (exact) mass is 1340 g/mol. The van der Waals surface area contributed by atoms with Crippen molar-refractivity contribution in [3.63, 3.8) is 0 Å². The third-order valence-electron chi connectivity index (χ3n) is 15.7. The summed E-state index contributed by atoms with van der Waals surface area (Å²) in [5, 5.41) is 114. The van der Waals surface area contributed by atoms with Crippen LogP contribution in [-0.2, 0) is 76.4 Å². The van der Waals surface area contributed by atoms with Crippen LogP contribution in [-0.4, -0.2) is 282 Å². The molecular weight excluding hydrogens is 1230 g/mol. The highest BCUT2D eigenvalue weighted by Crippen LogP contribution is 2.26. The number of hydrogen-bond donors (Lipinski definition) is 18.